The molecule has 0 radical (unpaired) electrons. The molecule has 0 bridgehead atoms. The summed E-state index contributed by atoms with van der Waals surface area (Å²) in [7, 11) is 1.68. The van der Waals surface area contributed by atoms with E-state index in [4.69, 9.17) is 21.1 Å². The number of ether oxygens (including phenoxy) is 2. The molecule has 1 aromatic rings. The summed E-state index contributed by atoms with van der Waals surface area (Å²) in [6.45, 7) is 5.02. The fourth-order valence-electron chi connectivity index (χ4n) is 2.42. The molecule has 1 aliphatic rings. The van der Waals surface area contributed by atoms with E-state index >= 15 is 0 Å². The average Bonchev–Trinajstić information content (AvgIpc) is 2.48. The SMILES string of the molecule is COc1ccc(CCCN2CCOCC2)cc1CCl. The summed E-state index contributed by atoms with van der Waals surface area (Å²) in [5.74, 6) is 1.38. The van der Waals surface area contributed by atoms with Crippen LogP contribution in [0.2, 0.25) is 0 Å². The lowest BCUT2D eigenvalue weighted by Gasteiger charge is -2.26. The van der Waals surface area contributed by atoms with Crippen LogP contribution in [0, 0.1) is 0 Å². The van der Waals surface area contributed by atoms with Gasteiger partial charge in [-0.25, -0.2) is 0 Å². The molecule has 2 rings (SSSR count). The summed E-state index contributed by atoms with van der Waals surface area (Å²) in [6.07, 6.45) is 2.26. The molecule has 3 nitrogen and oxygen atoms in total. The second kappa shape index (κ2) is 7.73. The van der Waals surface area contributed by atoms with E-state index in [-0.39, 0.29) is 0 Å². The van der Waals surface area contributed by atoms with Crippen molar-refractivity contribution in [2.45, 2.75) is 18.7 Å². The number of hydrogen-bond acceptors (Lipinski definition) is 3. The summed E-state index contributed by atoms with van der Waals surface area (Å²) < 4.78 is 10.6. The number of benzene rings is 1. The summed E-state index contributed by atoms with van der Waals surface area (Å²) >= 11 is 5.94. The zero-order valence-corrected chi connectivity index (χ0v) is 12.3. The number of hydrogen-bond donors (Lipinski definition) is 0. The highest BCUT2D eigenvalue weighted by Crippen LogP contribution is 2.22. The highest BCUT2D eigenvalue weighted by Gasteiger charge is 2.09. The van der Waals surface area contributed by atoms with Gasteiger partial charge in [0.05, 0.1) is 26.2 Å². The Bertz CT molecular complexity index is 392. The first-order valence-electron chi connectivity index (χ1n) is 6.85. The van der Waals surface area contributed by atoms with E-state index in [1.54, 1.807) is 7.11 Å². The molecule has 1 aromatic carbocycles. The molecule has 0 saturated carbocycles. The molecule has 1 saturated heterocycles. The summed E-state index contributed by atoms with van der Waals surface area (Å²) in [4.78, 5) is 2.47. The molecule has 0 unspecified atom stereocenters. The predicted octanol–water partition coefficient (Wildman–Crippen LogP) is 2.70. The van der Waals surface area contributed by atoms with Crippen LogP contribution in [-0.2, 0) is 17.0 Å². The lowest BCUT2D eigenvalue weighted by atomic mass is 10.1. The van der Waals surface area contributed by atoms with Gasteiger partial charge in [-0.1, -0.05) is 12.1 Å². The first-order valence-corrected chi connectivity index (χ1v) is 7.39. The Kier molecular flexibility index (Phi) is 5.95. The van der Waals surface area contributed by atoms with E-state index in [2.05, 4.69) is 17.0 Å². The van der Waals surface area contributed by atoms with Crippen molar-refractivity contribution in [1.29, 1.82) is 0 Å². The van der Waals surface area contributed by atoms with Gasteiger partial charge in [0, 0.05) is 18.7 Å². The summed E-state index contributed by atoms with van der Waals surface area (Å²) in [5.41, 5.74) is 2.41. The van der Waals surface area contributed by atoms with E-state index in [1.807, 2.05) is 6.07 Å². The van der Waals surface area contributed by atoms with Crippen molar-refractivity contribution >= 4 is 11.6 Å². The van der Waals surface area contributed by atoms with Crippen molar-refractivity contribution in [2.24, 2.45) is 0 Å². The van der Waals surface area contributed by atoms with Crippen molar-refractivity contribution < 1.29 is 9.47 Å². The molecule has 0 N–H and O–H groups in total. The highest BCUT2D eigenvalue weighted by molar-refractivity contribution is 6.17. The Hall–Kier alpha value is -0.770. The molecule has 106 valence electrons. The minimum atomic E-state index is 0.500. The molecule has 1 aliphatic heterocycles. The number of aryl methyl sites for hydroxylation is 1. The number of nitrogens with zero attached hydrogens (tertiary/aromatic N) is 1. The molecule has 0 aromatic heterocycles. The molecule has 0 spiro atoms. The van der Waals surface area contributed by atoms with Crippen LogP contribution < -0.4 is 4.74 Å². The number of morpholine rings is 1. The molecule has 0 amide bonds. The lowest BCUT2D eigenvalue weighted by molar-refractivity contribution is 0.0374. The third-order valence-electron chi connectivity index (χ3n) is 3.53. The quantitative estimate of drug-likeness (QED) is 0.750. The fraction of sp³-hybridized carbons (Fsp3) is 0.600. The third kappa shape index (κ3) is 4.37. The van der Waals surface area contributed by atoms with Crippen LogP contribution in [-0.4, -0.2) is 44.9 Å². The molecule has 19 heavy (non-hydrogen) atoms. The number of halogens is 1. The number of alkyl halides is 1. The predicted molar refractivity (Wildman–Crippen MR) is 78.1 cm³/mol. The standard InChI is InChI=1S/C15H22ClNO2/c1-18-15-5-4-13(11-14(15)12-16)3-2-6-17-7-9-19-10-8-17/h4-5,11H,2-3,6-10,12H2,1H3. The van der Waals surface area contributed by atoms with Crippen LogP contribution in [0.15, 0.2) is 18.2 Å². The van der Waals surface area contributed by atoms with Gasteiger partial charge >= 0.3 is 0 Å². The van der Waals surface area contributed by atoms with Gasteiger partial charge in [0.25, 0.3) is 0 Å². The molecule has 1 fully saturated rings. The van der Waals surface area contributed by atoms with Crippen molar-refractivity contribution in [3.05, 3.63) is 29.3 Å². The summed E-state index contributed by atoms with van der Waals surface area (Å²) in [6, 6.07) is 6.31. The second-order valence-corrected chi connectivity index (χ2v) is 5.10. The smallest absolute Gasteiger partial charge is 0.123 e. The number of rotatable bonds is 6. The Morgan fingerprint density at radius 2 is 2.11 bits per heavy atom. The van der Waals surface area contributed by atoms with Gasteiger partial charge in [-0.2, -0.15) is 0 Å². The Morgan fingerprint density at radius 1 is 1.32 bits per heavy atom. The maximum Gasteiger partial charge on any atom is 0.123 e. The third-order valence-corrected chi connectivity index (χ3v) is 3.82. The van der Waals surface area contributed by atoms with Crippen LogP contribution >= 0.6 is 11.6 Å². The monoisotopic (exact) mass is 283 g/mol. The van der Waals surface area contributed by atoms with E-state index in [9.17, 15) is 0 Å². The zero-order chi connectivity index (χ0) is 13.5. The van der Waals surface area contributed by atoms with Crippen molar-refractivity contribution in [2.75, 3.05) is 40.0 Å². The van der Waals surface area contributed by atoms with Crippen LogP contribution in [0.1, 0.15) is 17.5 Å². The largest absolute Gasteiger partial charge is 0.496 e. The first kappa shape index (κ1) is 14.6. The van der Waals surface area contributed by atoms with Gasteiger partial charge in [0.15, 0.2) is 0 Å². The van der Waals surface area contributed by atoms with Crippen molar-refractivity contribution in [3.8, 4) is 5.75 Å². The highest BCUT2D eigenvalue weighted by atomic mass is 35.5. The van der Waals surface area contributed by atoms with Crippen LogP contribution in [0.3, 0.4) is 0 Å². The molecule has 0 atom stereocenters. The zero-order valence-electron chi connectivity index (χ0n) is 11.5. The van der Waals surface area contributed by atoms with Gasteiger partial charge in [-0.3, -0.25) is 4.90 Å². The van der Waals surface area contributed by atoms with Crippen LogP contribution in [0.4, 0.5) is 0 Å². The maximum atomic E-state index is 5.94. The summed E-state index contributed by atoms with van der Waals surface area (Å²) in [5, 5.41) is 0. The second-order valence-electron chi connectivity index (χ2n) is 4.84. The van der Waals surface area contributed by atoms with E-state index < -0.39 is 0 Å². The molecular formula is C15H22ClNO2. The topological polar surface area (TPSA) is 21.7 Å². The average molecular weight is 284 g/mol. The van der Waals surface area contributed by atoms with Gasteiger partial charge in [-0.05, 0) is 31.0 Å². The normalized spacial score (nSPS) is 16.5. The molecular weight excluding hydrogens is 262 g/mol. The molecule has 1 heterocycles. The van der Waals surface area contributed by atoms with Crippen molar-refractivity contribution in [1.82, 2.24) is 4.90 Å². The fourth-order valence-corrected chi connectivity index (χ4v) is 2.63. The Morgan fingerprint density at radius 3 is 2.79 bits per heavy atom. The Balaban J connectivity index is 1.81. The van der Waals surface area contributed by atoms with E-state index in [0.717, 1.165) is 50.6 Å². The van der Waals surface area contributed by atoms with E-state index in [1.165, 1.54) is 12.0 Å². The van der Waals surface area contributed by atoms with Crippen molar-refractivity contribution in [3.63, 3.8) is 0 Å². The van der Waals surface area contributed by atoms with Gasteiger partial charge in [0.1, 0.15) is 5.75 Å². The van der Waals surface area contributed by atoms with Gasteiger partial charge in [-0.15, -0.1) is 11.6 Å². The van der Waals surface area contributed by atoms with Crippen LogP contribution in [0.5, 0.6) is 5.75 Å². The van der Waals surface area contributed by atoms with E-state index in [0.29, 0.717) is 5.88 Å². The van der Waals surface area contributed by atoms with Gasteiger partial charge in [0.2, 0.25) is 0 Å². The minimum Gasteiger partial charge on any atom is -0.496 e. The minimum absolute atomic E-state index is 0.500. The molecule has 4 heteroatoms. The number of methoxy groups -OCH3 is 1. The first-order chi connectivity index (χ1) is 9.33. The maximum absolute atomic E-state index is 5.94. The van der Waals surface area contributed by atoms with Crippen LogP contribution in [0.25, 0.3) is 0 Å². The van der Waals surface area contributed by atoms with Gasteiger partial charge < -0.3 is 9.47 Å². The molecule has 0 aliphatic carbocycles. The lowest BCUT2D eigenvalue weighted by Crippen LogP contribution is -2.36. The Labute approximate surface area is 120 Å².